The van der Waals surface area contributed by atoms with Crippen LogP contribution in [0.25, 0.3) is 10.2 Å². The van der Waals surface area contributed by atoms with Gasteiger partial charge in [0.15, 0.2) is 5.82 Å². The number of halogens is 3. The second-order valence-electron chi connectivity index (χ2n) is 4.25. The van der Waals surface area contributed by atoms with Crippen LogP contribution in [0.2, 0.25) is 5.02 Å². The fraction of sp³-hybridized carbons (Fsp3) is 0.0769. The summed E-state index contributed by atoms with van der Waals surface area (Å²) in [6, 6.07) is 3.46. The number of nitrogens with zero attached hydrogens (tertiary/aromatic N) is 1. The van der Waals surface area contributed by atoms with Crippen LogP contribution in [0, 0.1) is 11.6 Å². The van der Waals surface area contributed by atoms with E-state index in [9.17, 15) is 13.6 Å². The van der Waals surface area contributed by atoms with Crippen LogP contribution in [0.3, 0.4) is 0 Å². The Kier molecular flexibility index (Phi) is 3.60. The molecule has 3 rings (SSSR count). The van der Waals surface area contributed by atoms with Gasteiger partial charge in [-0.25, -0.2) is 13.8 Å². The van der Waals surface area contributed by atoms with Gasteiger partial charge in [-0.05, 0) is 17.5 Å². The zero-order valence-electron chi connectivity index (χ0n) is 10.4. The van der Waals surface area contributed by atoms with Gasteiger partial charge in [0.25, 0.3) is 5.56 Å². The molecule has 0 amide bonds. The standard InChI is InChI=1S/C13H8ClF2N3OS/c14-7-3-6(15)4-8(16)11(7)17-5-10-18-9-1-2-21-12(9)13(20)19-10/h1-4,17H,5H2,(H,18,19,20). The number of rotatable bonds is 3. The highest BCUT2D eigenvalue weighted by atomic mass is 35.5. The monoisotopic (exact) mass is 327 g/mol. The van der Waals surface area contributed by atoms with Crippen molar-refractivity contribution in [3.05, 3.63) is 56.4 Å². The summed E-state index contributed by atoms with van der Waals surface area (Å²) in [5.41, 5.74) is 0.287. The normalized spacial score (nSPS) is 11.0. The fourth-order valence-electron chi connectivity index (χ4n) is 1.89. The number of H-pyrrole nitrogens is 1. The van der Waals surface area contributed by atoms with Crippen LogP contribution in [-0.2, 0) is 6.54 Å². The summed E-state index contributed by atoms with van der Waals surface area (Å²) in [5, 5.41) is 4.39. The van der Waals surface area contributed by atoms with E-state index in [1.54, 1.807) is 11.4 Å². The molecule has 21 heavy (non-hydrogen) atoms. The number of hydrogen-bond donors (Lipinski definition) is 2. The molecule has 0 saturated heterocycles. The second kappa shape index (κ2) is 5.42. The van der Waals surface area contributed by atoms with E-state index < -0.39 is 11.6 Å². The van der Waals surface area contributed by atoms with E-state index in [0.29, 0.717) is 16.0 Å². The van der Waals surface area contributed by atoms with Crippen LogP contribution >= 0.6 is 22.9 Å². The van der Waals surface area contributed by atoms with Gasteiger partial charge in [0.05, 0.1) is 22.8 Å². The molecule has 0 unspecified atom stereocenters. The molecule has 2 heterocycles. The highest BCUT2D eigenvalue weighted by molar-refractivity contribution is 7.17. The number of aromatic nitrogens is 2. The molecule has 0 aliphatic heterocycles. The number of hydrogen-bond acceptors (Lipinski definition) is 4. The van der Waals surface area contributed by atoms with Crippen molar-refractivity contribution in [3.8, 4) is 0 Å². The minimum atomic E-state index is -0.807. The van der Waals surface area contributed by atoms with E-state index in [1.165, 1.54) is 11.3 Å². The third-order valence-electron chi connectivity index (χ3n) is 2.80. The molecule has 3 aromatic rings. The Morgan fingerprint density at radius 3 is 2.95 bits per heavy atom. The molecule has 0 fully saturated rings. The number of thiophene rings is 1. The van der Waals surface area contributed by atoms with Gasteiger partial charge in [0.2, 0.25) is 0 Å². The Labute approximate surface area is 126 Å². The summed E-state index contributed by atoms with van der Waals surface area (Å²) >= 11 is 7.07. The van der Waals surface area contributed by atoms with Crippen molar-refractivity contribution < 1.29 is 8.78 Å². The van der Waals surface area contributed by atoms with E-state index >= 15 is 0 Å². The number of aromatic amines is 1. The zero-order valence-corrected chi connectivity index (χ0v) is 12.0. The fourth-order valence-corrected chi connectivity index (χ4v) is 2.88. The summed E-state index contributed by atoms with van der Waals surface area (Å²) in [5.74, 6) is -1.22. The number of nitrogens with one attached hydrogen (secondary N) is 2. The van der Waals surface area contributed by atoms with Crippen molar-refractivity contribution in [2.24, 2.45) is 0 Å². The van der Waals surface area contributed by atoms with Crippen LogP contribution in [0.1, 0.15) is 5.82 Å². The molecule has 0 atom stereocenters. The summed E-state index contributed by atoms with van der Waals surface area (Å²) in [6.07, 6.45) is 0. The molecular weight excluding hydrogens is 320 g/mol. The highest BCUT2D eigenvalue weighted by Gasteiger charge is 2.11. The smallest absolute Gasteiger partial charge is 0.268 e. The maximum Gasteiger partial charge on any atom is 0.268 e. The summed E-state index contributed by atoms with van der Waals surface area (Å²) in [6.45, 7) is 0.0588. The Bertz CT molecular complexity index is 854. The van der Waals surface area contributed by atoms with Crippen molar-refractivity contribution in [2.75, 3.05) is 5.32 Å². The Balaban J connectivity index is 1.88. The minimum Gasteiger partial charge on any atom is -0.374 e. The maximum absolute atomic E-state index is 13.6. The third-order valence-corrected chi connectivity index (χ3v) is 4.00. The molecule has 0 aliphatic carbocycles. The first-order valence-electron chi connectivity index (χ1n) is 5.89. The number of benzene rings is 1. The lowest BCUT2D eigenvalue weighted by molar-refractivity contribution is 0.585. The Morgan fingerprint density at radius 1 is 1.38 bits per heavy atom. The first-order valence-corrected chi connectivity index (χ1v) is 7.15. The van der Waals surface area contributed by atoms with Crippen molar-refractivity contribution in [2.45, 2.75) is 6.54 Å². The van der Waals surface area contributed by atoms with E-state index in [0.717, 1.165) is 12.1 Å². The predicted octanol–water partition coefficient (Wildman–Crippen LogP) is 3.53. The third kappa shape index (κ3) is 2.74. The second-order valence-corrected chi connectivity index (χ2v) is 5.57. The van der Waals surface area contributed by atoms with Crippen molar-refractivity contribution >= 4 is 38.8 Å². The van der Waals surface area contributed by atoms with Gasteiger partial charge >= 0.3 is 0 Å². The van der Waals surface area contributed by atoms with Gasteiger partial charge in [-0.15, -0.1) is 11.3 Å². The zero-order chi connectivity index (χ0) is 15.0. The molecule has 0 radical (unpaired) electrons. The number of anilines is 1. The van der Waals surface area contributed by atoms with Crippen molar-refractivity contribution in [3.63, 3.8) is 0 Å². The molecular formula is C13H8ClF2N3OS. The lowest BCUT2D eigenvalue weighted by atomic mass is 10.3. The lowest BCUT2D eigenvalue weighted by Crippen LogP contribution is -2.14. The summed E-state index contributed by atoms with van der Waals surface area (Å²) in [7, 11) is 0. The average molecular weight is 328 g/mol. The quantitative estimate of drug-likeness (QED) is 0.773. The molecule has 0 aliphatic rings. The van der Waals surface area contributed by atoms with Crippen LogP contribution in [0.5, 0.6) is 0 Å². The van der Waals surface area contributed by atoms with Gasteiger partial charge in [-0.2, -0.15) is 0 Å². The lowest BCUT2D eigenvalue weighted by Gasteiger charge is -2.09. The van der Waals surface area contributed by atoms with Crippen LogP contribution in [-0.4, -0.2) is 9.97 Å². The minimum absolute atomic E-state index is 0.0360. The maximum atomic E-state index is 13.6. The Hall–Kier alpha value is -1.99. The van der Waals surface area contributed by atoms with Gasteiger partial charge in [0, 0.05) is 6.07 Å². The molecule has 0 saturated carbocycles. The van der Waals surface area contributed by atoms with Gasteiger partial charge in [-0.3, -0.25) is 4.79 Å². The predicted molar refractivity (Wildman–Crippen MR) is 78.9 cm³/mol. The molecule has 4 nitrogen and oxygen atoms in total. The molecule has 1 aromatic carbocycles. The van der Waals surface area contributed by atoms with Crippen molar-refractivity contribution in [1.82, 2.24) is 9.97 Å². The first-order chi connectivity index (χ1) is 10.0. The molecule has 0 bridgehead atoms. The van der Waals surface area contributed by atoms with E-state index in [4.69, 9.17) is 11.6 Å². The largest absolute Gasteiger partial charge is 0.374 e. The molecule has 0 spiro atoms. The first kappa shape index (κ1) is 14.0. The van der Waals surface area contributed by atoms with E-state index in [2.05, 4.69) is 15.3 Å². The average Bonchev–Trinajstić information content (AvgIpc) is 2.86. The van der Waals surface area contributed by atoms with E-state index in [1.807, 2.05) is 0 Å². The van der Waals surface area contributed by atoms with Crippen molar-refractivity contribution in [1.29, 1.82) is 0 Å². The summed E-state index contributed by atoms with van der Waals surface area (Å²) in [4.78, 5) is 18.6. The van der Waals surface area contributed by atoms with E-state index in [-0.39, 0.29) is 22.8 Å². The van der Waals surface area contributed by atoms with Gasteiger partial charge in [0.1, 0.15) is 16.3 Å². The van der Waals surface area contributed by atoms with Gasteiger partial charge < -0.3 is 10.3 Å². The summed E-state index contributed by atoms with van der Waals surface area (Å²) < 4.78 is 27.1. The number of fused-ring (bicyclic) bond motifs is 1. The van der Waals surface area contributed by atoms with Gasteiger partial charge in [-0.1, -0.05) is 11.6 Å². The molecule has 8 heteroatoms. The SMILES string of the molecule is O=c1[nH]c(CNc2c(F)cc(F)cc2Cl)nc2ccsc12. The topological polar surface area (TPSA) is 57.8 Å². The molecule has 108 valence electrons. The Morgan fingerprint density at radius 2 is 2.19 bits per heavy atom. The molecule has 2 aromatic heterocycles. The highest BCUT2D eigenvalue weighted by Crippen LogP contribution is 2.26. The van der Waals surface area contributed by atoms with Crippen LogP contribution in [0.4, 0.5) is 14.5 Å². The van der Waals surface area contributed by atoms with Crippen LogP contribution < -0.4 is 10.9 Å². The molecule has 2 N–H and O–H groups in total. The van der Waals surface area contributed by atoms with Crippen LogP contribution in [0.15, 0.2) is 28.4 Å².